The number of para-hydroxylation sites is 2. The number of methoxy groups -OCH3 is 2. The summed E-state index contributed by atoms with van der Waals surface area (Å²) in [6.45, 7) is 5.48. The summed E-state index contributed by atoms with van der Waals surface area (Å²) in [6, 6.07) is 23.0. The molecule has 0 atom stereocenters. The summed E-state index contributed by atoms with van der Waals surface area (Å²) < 4.78 is 10.7. The molecule has 0 bridgehead atoms. The lowest BCUT2D eigenvalue weighted by Crippen LogP contribution is -2.44. The summed E-state index contributed by atoms with van der Waals surface area (Å²) in [7, 11) is 3.18. The highest BCUT2D eigenvalue weighted by Crippen LogP contribution is 2.22. The number of nitrogens with zero attached hydrogens (tertiary/aromatic N) is 2. The van der Waals surface area contributed by atoms with Crippen LogP contribution in [0, 0.1) is 5.92 Å². The van der Waals surface area contributed by atoms with Gasteiger partial charge >= 0.3 is 0 Å². The summed E-state index contributed by atoms with van der Waals surface area (Å²) in [5, 5.41) is 1.15. The molecule has 7 nitrogen and oxygen atoms in total. The molecule has 0 saturated heterocycles. The second kappa shape index (κ2) is 13.0. The number of hydrogen-bond acceptors (Lipinski definition) is 4. The normalized spacial score (nSPS) is 11.0. The van der Waals surface area contributed by atoms with Crippen LogP contribution < -0.4 is 9.47 Å². The molecular formula is C32H37N3O4. The van der Waals surface area contributed by atoms with E-state index in [1.165, 1.54) is 0 Å². The van der Waals surface area contributed by atoms with Gasteiger partial charge in [-0.05, 0) is 53.8 Å². The second-order valence-electron chi connectivity index (χ2n) is 10.1. The number of hydrogen-bond donors (Lipinski definition) is 1. The zero-order valence-electron chi connectivity index (χ0n) is 23.1. The minimum Gasteiger partial charge on any atom is -0.497 e. The number of benzene rings is 3. The van der Waals surface area contributed by atoms with Crippen LogP contribution in [0.2, 0.25) is 0 Å². The smallest absolute Gasteiger partial charge is 0.258 e. The quantitative estimate of drug-likeness (QED) is 0.262. The second-order valence-corrected chi connectivity index (χ2v) is 10.1. The first-order valence-electron chi connectivity index (χ1n) is 13.3. The van der Waals surface area contributed by atoms with E-state index < -0.39 is 0 Å². The molecule has 0 aliphatic carbocycles. The van der Waals surface area contributed by atoms with Crippen molar-refractivity contribution in [3.63, 3.8) is 0 Å². The Bertz CT molecular complexity index is 1390. The Labute approximate surface area is 230 Å². The predicted octanol–water partition coefficient (Wildman–Crippen LogP) is 5.55. The van der Waals surface area contributed by atoms with E-state index in [1.807, 2.05) is 79.5 Å². The highest BCUT2D eigenvalue weighted by atomic mass is 16.5. The molecule has 0 aliphatic rings. The Hall–Kier alpha value is -4.26. The van der Waals surface area contributed by atoms with Crippen LogP contribution in [0.4, 0.5) is 0 Å². The van der Waals surface area contributed by atoms with Gasteiger partial charge < -0.3 is 24.3 Å². The van der Waals surface area contributed by atoms with Crippen LogP contribution in [0.5, 0.6) is 11.5 Å². The molecule has 0 saturated carbocycles. The van der Waals surface area contributed by atoms with Gasteiger partial charge in [0.15, 0.2) is 0 Å². The van der Waals surface area contributed by atoms with Gasteiger partial charge in [0.2, 0.25) is 5.91 Å². The lowest BCUT2D eigenvalue weighted by molar-refractivity contribution is -0.132. The largest absolute Gasteiger partial charge is 0.497 e. The van der Waals surface area contributed by atoms with Gasteiger partial charge in [-0.15, -0.1) is 0 Å². The van der Waals surface area contributed by atoms with Crippen LogP contribution >= 0.6 is 0 Å². The minimum atomic E-state index is -0.212. The van der Waals surface area contributed by atoms with Crippen molar-refractivity contribution in [2.75, 3.05) is 33.9 Å². The Balaban J connectivity index is 1.57. The van der Waals surface area contributed by atoms with E-state index in [0.717, 1.165) is 27.8 Å². The standard InChI is InChI=1S/C32H37N3O4/c1-23(2)20-35(32(37)28-10-6-8-12-30(28)39-4)22-31(36)34(21-24-13-15-26(38-3)16-14-24)18-17-25-19-33-29-11-7-5-9-27(25)29/h5-16,19,23,33H,17-18,20-22H2,1-4H3. The molecule has 1 N–H and O–H groups in total. The fourth-order valence-corrected chi connectivity index (χ4v) is 4.75. The average molecular weight is 528 g/mol. The van der Waals surface area contributed by atoms with Crippen molar-refractivity contribution in [3.05, 3.63) is 95.7 Å². The zero-order chi connectivity index (χ0) is 27.8. The summed E-state index contributed by atoms with van der Waals surface area (Å²) in [5.41, 5.74) is 3.68. The van der Waals surface area contributed by atoms with Crippen LogP contribution in [0.15, 0.2) is 79.0 Å². The van der Waals surface area contributed by atoms with Gasteiger partial charge in [-0.25, -0.2) is 0 Å². The number of rotatable bonds is 12. The van der Waals surface area contributed by atoms with Crippen molar-refractivity contribution in [2.24, 2.45) is 5.92 Å². The third kappa shape index (κ3) is 6.99. The molecule has 7 heteroatoms. The summed E-state index contributed by atoms with van der Waals surface area (Å²) in [5.74, 6) is 1.14. The van der Waals surface area contributed by atoms with Gasteiger partial charge in [-0.3, -0.25) is 9.59 Å². The van der Waals surface area contributed by atoms with Crippen molar-refractivity contribution in [3.8, 4) is 11.5 Å². The minimum absolute atomic E-state index is 0.0148. The van der Waals surface area contributed by atoms with E-state index in [0.29, 0.717) is 37.4 Å². The molecule has 0 fully saturated rings. The van der Waals surface area contributed by atoms with Crippen molar-refractivity contribution >= 4 is 22.7 Å². The van der Waals surface area contributed by atoms with Gasteiger partial charge in [0.25, 0.3) is 5.91 Å². The maximum atomic E-state index is 13.8. The lowest BCUT2D eigenvalue weighted by Gasteiger charge is -2.29. The maximum absolute atomic E-state index is 13.8. The highest BCUT2D eigenvalue weighted by molar-refractivity contribution is 5.98. The molecule has 1 aromatic heterocycles. The highest BCUT2D eigenvalue weighted by Gasteiger charge is 2.25. The first kappa shape index (κ1) is 27.8. The van der Waals surface area contributed by atoms with Crippen LogP contribution in [-0.4, -0.2) is 60.5 Å². The third-order valence-corrected chi connectivity index (χ3v) is 6.75. The number of aromatic nitrogens is 1. The molecule has 0 unspecified atom stereocenters. The Morgan fingerprint density at radius 1 is 0.872 bits per heavy atom. The summed E-state index contributed by atoms with van der Waals surface area (Å²) in [4.78, 5) is 34.2. The fourth-order valence-electron chi connectivity index (χ4n) is 4.75. The Kier molecular flexibility index (Phi) is 9.26. The molecule has 4 rings (SSSR count). The van der Waals surface area contributed by atoms with Gasteiger partial charge in [-0.2, -0.15) is 0 Å². The third-order valence-electron chi connectivity index (χ3n) is 6.75. The molecule has 204 valence electrons. The number of carbonyl (C=O) groups excluding carboxylic acids is 2. The topological polar surface area (TPSA) is 74.9 Å². The van der Waals surface area contributed by atoms with E-state index >= 15 is 0 Å². The lowest BCUT2D eigenvalue weighted by atomic mass is 10.1. The molecule has 2 amide bonds. The van der Waals surface area contributed by atoms with Crippen molar-refractivity contribution in [2.45, 2.75) is 26.8 Å². The zero-order valence-corrected chi connectivity index (χ0v) is 23.1. The Morgan fingerprint density at radius 3 is 2.31 bits per heavy atom. The Morgan fingerprint density at radius 2 is 1.59 bits per heavy atom. The molecular weight excluding hydrogens is 490 g/mol. The molecule has 3 aromatic carbocycles. The molecule has 4 aromatic rings. The first-order chi connectivity index (χ1) is 18.9. The average Bonchev–Trinajstić information content (AvgIpc) is 3.37. The van der Waals surface area contributed by atoms with E-state index in [9.17, 15) is 9.59 Å². The first-order valence-corrected chi connectivity index (χ1v) is 13.3. The number of H-pyrrole nitrogens is 1. The molecule has 1 heterocycles. The molecule has 0 spiro atoms. The molecule has 0 radical (unpaired) electrons. The van der Waals surface area contributed by atoms with Crippen LogP contribution in [-0.2, 0) is 17.8 Å². The van der Waals surface area contributed by atoms with Gasteiger partial charge in [0, 0.05) is 36.7 Å². The number of aromatic amines is 1. The van der Waals surface area contributed by atoms with Crippen LogP contribution in [0.3, 0.4) is 0 Å². The van der Waals surface area contributed by atoms with E-state index in [-0.39, 0.29) is 24.3 Å². The van der Waals surface area contributed by atoms with Gasteiger partial charge in [-0.1, -0.05) is 56.3 Å². The van der Waals surface area contributed by atoms with E-state index in [2.05, 4.69) is 11.1 Å². The number of carbonyl (C=O) groups is 2. The van der Waals surface area contributed by atoms with Crippen molar-refractivity contribution in [1.82, 2.24) is 14.8 Å². The number of amides is 2. The van der Waals surface area contributed by atoms with Gasteiger partial charge in [0.1, 0.15) is 18.0 Å². The number of fused-ring (bicyclic) bond motifs is 1. The van der Waals surface area contributed by atoms with Gasteiger partial charge in [0.05, 0.1) is 19.8 Å². The predicted molar refractivity (Wildman–Crippen MR) is 154 cm³/mol. The van der Waals surface area contributed by atoms with Crippen molar-refractivity contribution in [1.29, 1.82) is 0 Å². The maximum Gasteiger partial charge on any atom is 0.258 e. The van der Waals surface area contributed by atoms with Crippen LogP contribution in [0.1, 0.15) is 35.3 Å². The monoisotopic (exact) mass is 527 g/mol. The van der Waals surface area contributed by atoms with Crippen LogP contribution in [0.25, 0.3) is 10.9 Å². The van der Waals surface area contributed by atoms with E-state index in [1.54, 1.807) is 31.3 Å². The molecule has 0 aliphatic heterocycles. The van der Waals surface area contributed by atoms with E-state index in [4.69, 9.17) is 9.47 Å². The summed E-state index contributed by atoms with van der Waals surface area (Å²) in [6.07, 6.45) is 2.70. The number of nitrogens with one attached hydrogen (secondary N) is 1. The number of ether oxygens (including phenoxy) is 2. The summed E-state index contributed by atoms with van der Waals surface area (Å²) >= 11 is 0. The van der Waals surface area contributed by atoms with Crippen molar-refractivity contribution < 1.29 is 19.1 Å². The SMILES string of the molecule is COc1ccc(CN(CCc2c[nH]c3ccccc23)C(=O)CN(CC(C)C)C(=O)c2ccccc2OC)cc1. The fraction of sp³-hybridized carbons (Fsp3) is 0.312. The molecule has 39 heavy (non-hydrogen) atoms.